The van der Waals surface area contributed by atoms with Crippen molar-refractivity contribution in [1.29, 1.82) is 0 Å². The molecule has 0 unspecified atom stereocenters. The van der Waals surface area contributed by atoms with E-state index in [2.05, 4.69) is 17.4 Å². The Labute approximate surface area is 156 Å². The molecule has 27 heavy (non-hydrogen) atoms. The molecule has 0 aromatic heterocycles. The Morgan fingerprint density at radius 2 is 1.70 bits per heavy atom. The summed E-state index contributed by atoms with van der Waals surface area (Å²) in [6.45, 7) is 0. The van der Waals surface area contributed by atoms with Crippen LogP contribution < -0.4 is 5.32 Å². The van der Waals surface area contributed by atoms with Gasteiger partial charge in [-0.05, 0) is 40.8 Å². The molecular formula is C23H17NO3. The molecule has 4 nitrogen and oxygen atoms in total. The van der Waals surface area contributed by atoms with Gasteiger partial charge in [-0.15, -0.1) is 0 Å². The molecule has 3 aromatic carbocycles. The molecule has 0 saturated carbocycles. The highest BCUT2D eigenvalue weighted by Crippen LogP contribution is 2.40. The molecule has 2 aliphatic rings. The zero-order valence-corrected chi connectivity index (χ0v) is 14.5. The summed E-state index contributed by atoms with van der Waals surface area (Å²) in [5, 5.41) is 13.6. The summed E-state index contributed by atoms with van der Waals surface area (Å²) in [4.78, 5) is 25.2. The van der Waals surface area contributed by atoms with Crippen LogP contribution in [0, 0.1) is 0 Å². The molecule has 0 bridgehead atoms. The van der Waals surface area contributed by atoms with Gasteiger partial charge >= 0.3 is 0 Å². The van der Waals surface area contributed by atoms with Gasteiger partial charge < -0.3 is 10.4 Å². The van der Waals surface area contributed by atoms with Gasteiger partial charge in [0.2, 0.25) is 0 Å². The molecule has 1 aliphatic heterocycles. The number of fused-ring (bicyclic) bond motifs is 4. The number of hydrogen-bond acceptors (Lipinski definition) is 3. The summed E-state index contributed by atoms with van der Waals surface area (Å²) in [6, 6.07) is 20.8. The molecule has 0 saturated heterocycles. The zero-order chi connectivity index (χ0) is 18.6. The average Bonchev–Trinajstić information content (AvgIpc) is 3.17. The maximum absolute atomic E-state index is 12.9. The summed E-state index contributed by atoms with van der Waals surface area (Å²) in [5.41, 5.74) is 4.41. The topological polar surface area (TPSA) is 66.4 Å². The third-order valence-corrected chi connectivity index (χ3v) is 5.53. The number of anilines is 1. The molecule has 1 aliphatic carbocycles. The lowest BCUT2D eigenvalue weighted by molar-refractivity contribution is -0.133. The first-order chi connectivity index (χ1) is 13.1. The Balaban J connectivity index is 1.46. The van der Waals surface area contributed by atoms with Crippen LogP contribution >= 0.6 is 0 Å². The zero-order valence-electron chi connectivity index (χ0n) is 14.5. The van der Waals surface area contributed by atoms with Crippen molar-refractivity contribution in [1.82, 2.24) is 0 Å². The molecule has 1 heterocycles. The molecule has 4 heteroatoms. The third kappa shape index (κ3) is 2.34. The fourth-order valence-corrected chi connectivity index (χ4v) is 4.13. The Morgan fingerprint density at radius 1 is 0.963 bits per heavy atom. The van der Waals surface area contributed by atoms with Gasteiger partial charge in [0.1, 0.15) is 0 Å². The van der Waals surface area contributed by atoms with E-state index in [-0.39, 0.29) is 12.2 Å². The van der Waals surface area contributed by atoms with E-state index >= 15 is 0 Å². The Bertz CT molecular complexity index is 1120. The van der Waals surface area contributed by atoms with Crippen LogP contribution in [0.25, 0.3) is 11.1 Å². The number of para-hydroxylation sites is 1. The molecule has 2 N–H and O–H groups in total. The highest BCUT2D eigenvalue weighted by atomic mass is 16.3. The van der Waals surface area contributed by atoms with Crippen LogP contribution in [0.5, 0.6) is 0 Å². The van der Waals surface area contributed by atoms with Gasteiger partial charge in [-0.2, -0.15) is 0 Å². The number of amides is 1. The van der Waals surface area contributed by atoms with Crippen LogP contribution in [0.15, 0.2) is 66.7 Å². The monoisotopic (exact) mass is 355 g/mol. The van der Waals surface area contributed by atoms with Crippen molar-refractivity contribution in [3.8, 4) is 11.1 Å². The first-order valence-corrected chi connectivity index (χ1v) is 8.94. The summed E-state index contributed by atoms with van der Waals surface area (Å²) in [5.74, 6) is -0.797. The van der Waals surface area contributed by atoms with Crippen LogP contribution in [-0.2, 0) is 16.8 Å². The van der Waals surface area contributed by atoms with Crippen LogP contribution in [0.3, 0.4) is 0 Å². The van der Waals surface area contributed by atoms with Crippen LogP contribution in [0.1, 0.15) is 33.5 Å². The molecule has 132 valence electrons. The average molecular weight is 355 g/mol. The number of Topliss-reactive ketones (excluding diaryl/α,β-unsaturated/α-hetero) is 1. The predicted molar refractivity (Wildman–Crippen MR) is 103 cm³/mol. The van der Waals surface area contributed by atoms with Gasteiger partial charge in [0, 0.05) is 16.8 Å². The minimum Gasteiger partial charge on any atom is -0.375 e. The Hall–Kier alpha value is -3.24. The quantitative estimate of drug-likeness (QED) is 0.551. The number of hydrogen-bond donors (Lipinski definition) is 2. The second-order valence-corrected chi connectivity index (χ2v) is 7.17. The lowest BCUT2D eigenvalue weighted by atomic mass is 9.87. The summed E-state index contributed by atoms with van der Waals surface area (Å²) >= 11 is 0. The van der Waals surface area contributed by atoms with E-state index in [9.17, 15) is 14.7 Å². The number of carbonyl (C=O) groups excluding carboxylic acids is 2. The number of benzene rings is 3. The maximum Gasteiger partial charge on any atom is 0.261 e. The molecule has 0 spiro atoms. The molecule has 5 rings (SSSR count). The van der Waals surface area contributed by atoms with Crippen molar-refractivity contribution < 1.29 is 14.7 Å². The number of carbonyl (C=O) groups is 2. The minimum absolute atomic E-state index is 0.247. The maximum atomic E-state index is 12.9. The standard InChI is InChI=1S/C23H17NO3/c25-21(13-23(27)19-7-3-4-8-20(19)24-22(23)26)15-9-10-18-16(12-15)11-14-5-1-2-6-17(14)18/h1-10,12,27H,11,13H2,(H,24,26)/t23-/m0/s1. The highest BCUT2D eigenvalue weighted by molar-refractivity contribution is 6.09. The Kier molecular flexibility index (Phi) is 3.33. The fraction of sp³-hybridized carbons (Fsp3) is 0.130. The van der Waals surface area contributed by atoms with Crippen molar-refractivity contribution in [2.24, 2.45) is 0 Å². The van der Waals surface area contributed by atoms with Gasteiger partial charge in [0.25, 0.3) is 5.91 Å². The van der Waals surface area contributed by atoms with Gasteiger partial charge in [0.05, 0.1) is 6.42 Å². The van der Waals surface area contributed by atoms with Crippen molar-refractivity contribution in [3.63, 3.8) is 0 Å². The van der Waals surface area contributed by atoms with Gasteiger partial charge in [-0.3, -0.25) is 9.59 Å². The first kappa shape index (κ1) is 16.0. The number of ketones is 1. The van der Waals surface area contributed by atoms with E-state index in [1.807, 2.05) is 24.3 Å². The van der Waals surface area contributed by atoms with Crippen molar-refractivity contribution in [2.75, 3.05) is 5.32 Å². The minimum atomic E-state index is -1.82. The smallest absolute Gasteiger partial charge is 0.261 e. The molecule has 0 fully saturated rings. The fourth-order valence-electron chi connectivity index (χ4n) is 4.13. The Morgan fingerprint density at radius 3 is 2.59 bits per heavy atom. The van der Waals surface area contributed by atoms with Gasteiger partial charge in [0.15, 0.2) is 11.4 Å². The van der Waals surface area contributed by atoms with Crippen molar-refractivity contribution in [3.05, 3.63) is 89.0 Å². The van der Waals surface area contributed by atoms with E-state index in [0.717, 1.165) is 17.5 Å². The van der Waals surface area contributed by atoms with Crippen LogP contribution in [-0.4, -0.2) is 16.8 Å². The van der Waals surface area contributed by atoms with Crippen molar-refractivity contribution >= 4 is 17.4 Å². The van der Waals surface area contributed by atoms with Gasteiger partial charge in [-0.25, -0.2) is 0 Å². The van der Waals surface area contributed by atoms with Crippen LogP contribution in [0.4, 0.5) is 5.69 Å². The second-order valence-electron chi connectivity index (χ2n) is 7.17. The molecule has 3 aromatic rings. The predicted octanol–water partition coefficient (Wildman–Crippen LogP) is 3.67. The first-order valence-electron chi connectivity index (χ1n) is 8.94. The van der Waals surface area contributed by atoms with E-state index < -0.39 is 11.5 Å². The number of rotatable bonds is 3. The second kappa shape index (κ2) is 5.63. The third-order valence-electron chi connectivity index (χ3n) is 5.53. The molecule has 1 atom stereocenters. The summed E-state index contributed by atoms with van der Waals surface area (Å²) in [7, 11) is 0. The molecular weight excluding hydrogens is 338 g/mol. The van der Waals surface area contributed by atoms with Crippen LogP contribution in [0.2, 0.25) is 0 Å². The lowest BCUT2D eigenvalue weighted by Crippen LogP contribution is -2.36. The van der Waals surface area contributed by atoms with E-state index in [0.29, 0.717) is 16.8 Å². The summed E-state index contributed by atoms with van der Waals surface area (Å²) < 4.78 is 0. The lowest BCUT2D eigenvalue weighted by Gasteiger charge is -2.20. The largest absolute Gasteiger partial charge is 0.375 e. The van der Waals surface area contributed by atoms with Crippen molar-refractivity contribution in [2.45, 2.75) is 18.4 Å². The van der Waals surface area contributed by atoms with E-state index in [1.54, 1.807) is 30.3 Å². The molecule has 0 radical (unpaired) electrons. The highest BCUT2D eigenvalue weighted by Gasteiger charge is 2.46. The van der Waals surface area contributed by atoms with E-state index in [4.69, 9.17) is 0 Å². The van der Waals surface area contributed by atoms with E-state index in [1.165, 1.54) is 11.1 Å². The SMILES string of the molecule is O=C(C[C@@]1(O)C(=O)Nc2ccccc21)c1ccc2c(c1)Cc1ccccc1-2. The van der Waals surface area contributed by atoms with Gasteiger partial charge in [-0.1, -0.05) is 54.6 Å². The molecule has 1 amide bonds. The number of nitrogens with one attached hydrogen (secondary N) is 1. The normalized spacial score (nSPS) is 19.2. The number of aliphatic hydroxyl groups is 1. The summed E-state index contributed by atoms with van der Waals surface area (Å²) in [6.07, 6.45) is 0.516.